The zero-order valence-corrected chi connectivity index (χ0v) is 12.1. The molecule has 4 nitrogen and oxygen atoms in total. The van der Waals surface area contributed by atoms with Gasteiger partial charge in [-0.25, -0.2) is 0 Å². The summed E-state index contributed by atoms with van der Waals surface area (Å²) in [6, 6.07) is 0. The lowest BCUT2D eigenvalue weighted by molar-refractivity contribution is -0.133. The van der Waals surface area contributed by atoms with E-state index in [9.17, 15) is 9.59 Å². The van der Waals surface area contributed by atoms with Crippen molar-refractivity contribution in [1.82, 2.24) is 5.32 Å². The molecule has 0 spiro atoms. The van der Waals surface area contributed by atoms with Gasteiger partial charge in [0.15, 0.2) is 0 Å². The van der Waals surface area contributed by atoms with Crippen molar-refractivity contribution in [3.05, 3.63) is 0 Å². The smallest absolute Gasteiger partial charge is 0.313 e. The van der Waals surface area contributed by atoms with E-state index in [0.29, 0.717) is 18.2 Å². The van der Waals surface area contributed by atoms with E-state index in [2.05, 4.69) is 5.32 Å². The fourth-order valence-electron chi connectivity index (χ4n) is 3.14. The average molecular weight is 285 g/mol. The number of amides is 1. The fourth-order valence-corrected chi connectivity index (χ4v) is 3.70. The SMILES string of the molecule is O=C(O)CSCCNC(=O)C1CC1C1CCCCC1. The van der Waals surface area contributed by atoms with E-state index in [-0.39, 0.29) is 17.6 Å². The number of carboxylic acid groups (broad SMARTS) is 1. The van der Waals surface area contributed by atoms with Crippen LogP contribution in [-0.4, -0.2) is 35.0 Å². The van der Waals surface area contributed by atoms with Crippen LogP contribution < -0.4 is 5.32 Å². The number of hydrogen-bond acceptors (Lipinski definition) is 3. The molecule has 108 valence electrons. The first kappa shape index (κ1) is 14.7. The normalized spacial score (nSPS) is 26.9. The lowest BCUT2D eigenvalue weighted by Gasteiger charge is -2.21. The second-order valence-electron chi connectivity index (χ2n) is 5.64. The third kappa shape index (κ3) is 4.71. The summed E-state index contributed by atoms with van der Waals surface area (Å²) in [4.78, 5) is 22.2. The number of hydrogen-bond donors (Lipinski definition) is 2. The van der Waals surface area contributed by atoms with Crippen LogP contribution in [-0.2, 0) is 9.59 Å². The standard InChI is InChI=1S/C14H23NO3S/c16-13(17)9-19-7-6-15-14(18)12-8-11(12)10-4-2-1-3-5-10/h10-12H,1-9H2,(H,15,18)(H,16,17). The molecule has 2 aliphatic rings. The maximum atomic E-state index is 11.9. The minimum absolute atomic E-state index is 0.115. The molecule has 2 rings (SSSR count). The Balaban J connectivity index is 1.56. The number of thioether (sulfide) groups is 1. The molecule has 0 aromatic carbocycles. The number of carbonyl (C=O) groups is 2. The summed E-state index contributed by atoms with van der Waals surface area (Å²) in [5.74, 6) is 1.84. The second kappa shape index (κ2) is 7.17. The molecule has 19 heavy (non-hydrogen) atoms. The van der Waals surface area contributed by atoms with Crippen molar-refractivity contribution in [3.8, 4) is 0 Å². The number of carbonyl (C=O) groups excluding carboxylic acids is 1. The fraction of sp³-hybridized carbons (Fsp3) is 0.857. The van der Waals surface area contributed by atoms with E-state index in [1.165, 1.54) is 43.9 Å². The number of carboxylic acids is 1. The number of nitrogens with one attached hydrogen (secondary N) is 1. The first-order valence-electron chi connectivity index (χ1n) is 7.25. The molecule has 2 fully saturated rings. The van der Waals surface area contributed by atoms with E-state index in [1.54, 1.807) is 0 Å². The lowest BCUT2D eigenvalue weighted by atomic mass is 9.85. The van der Waals surface area contributed by atoms with Crippen LogP contribution in [0.4, 0.5) is 0 Å². The highest BCUT2D eigenvalue weighted by Crippen LogP contribution is 2.49. The van der Waals surface area contributed by atoms with E-state index >= 15 is 0 Å². The average Bonchev–Trinajstić information content (AvgIpc) is 3.19. The second-order valence-corrected chi connectivity index (χ2v) is 6.75. The van der Waals surface area contributed by atoms with Crippen molar-refractivity contribution < 1.29 is 14.7 Å². The molecule has 0 bridgehead atoms. The maximum Gasteiger partial charge on any atom is 0.313 e. The van der Waals surface area contributed by atoms with Gasteiger partial charge in [0.25, 0.3) is 0 Å². The summed E-state index contributed by atoms with van der Waals surface area (Å²) >= 11 is 1.35. The van der Waals surface area contributed by atoms with E-state index < -0.39 is 5.97 Å². The van der Waals surface area contributed by atoms with Crippen LogP contribution in [0.5, 0.6) is 0 Å². The molecule has 0 heterocycles. The topological polar surface area (TPSA) is 66.4 Å². The molecule has 0 aromatic rings. The molecule has 1 amide bonds. The van der Waals surface area contributed by atoms with Crippen LogP contribution in [0.1, 0.15) is 38.5 Å². The van der Waals surface area contributed by atoms with Crippen LogP contribution in [0, 0.1) is 17.8 Å². The largest absolute Gasteiger partial charge is 0.481 e. The van der Waals surface area contributed by atoms with Gasteiger partial charge in [0, 0.05) is 18.2 Å². The molecule has 5 heteroatoms. The monoisotopic (exact) mass is 285 g/mol. The van der Waals surface area contributed by atoms with Crippen molar-refractivity contribution >= 4 is 23.6 Å². The van der Waals surface area contributed by atoms with Crippen molar-refractivity contribution in [1.29, 1.82) is 0 Å². The molecule has 0 aromatic heterocycles. The summed E-state index contributed by atoms with van der Waals surface area (Å²) in [6.45, 7) is 0.588. The van der Waals surface area contributed by atoms with Gasteiger partial charge >= 0.3 is 5.97 Å². The van der Waals surface area contributed by atoms with E-state index in [0.717, 1.165) is 12.3 Å². The number of rotatable bonds is 7. The third-order valence-electron chi connectivity index (χ3n) is 4.20. The molecule has 2 atom stereocenters. The lowest BCUT2D eigenvalue weighted by Crippen LogP contribution is -2.28. The van der Waals surface area contributed by atoms with Crippen LogP contribution in [0.2, 0.25) is 0 Å². The Kier molecular flexibility index (Phi) is 5.55. The number of aliphatic carboxylic acids is 1. The van der Waals surface area contributed by atoms with Gasteiger partial charge in [-0.15, -0.1) is 11.8 Å². The van der Waals surface area contributed by atoms with Crippen molar-refractivity contribution in [2.45, 2.75) is 38.5 Å². The Hall–Kier alpha value is -0.710. The van der Waals surface area contributed by atoms with Crippen molar-refractivity contribution in [2.24, 2.45) is 17.8 Å². The summed E-state index contributed by atoms with van der Waals surface area (Å²) in [5.41, 5.74) is 0. The van der Waals surface area contributed by atoms with Crippen LogP contribution in [0.25, 0.3) is 0 Å². The molecule has 2 N–H and O–H groups in total. The Morgan fingerprint density at radius 2 is 1.95 bits per heavy atom. The summed E-state index contributed by atoms with van der Waals surface area (Å²) in [5, 5.41) is 11.4. The minimum Gasteiger partial charge on any atom is -0.481 e. The predicted molar refractivity (Wildman–Crippen MR) is 76.1 cm³/mol. The summed E-state index contributed by atoms with van der Waals surface area (Å²) in [6.07, 6.45) is 7.72. The van der Waals surface area contributed by atoms with Gasteiger partial charge in [0.1, 0.15) is 0 Å². The van der Waals surface area contributed by atoms with E-state index in [4.69, 9.17) is 5.11 Å². The Bertz CT molecular complexity index is 329. The maximum absolute atomic E-state index is 11.9. The Morgan fingerprint density at radius 3 is 2.63 bits per heavy atom. The first-order chi connectivity index (χ1) is 9.18. The van der Waals surface area contributed by atoms with E-state index in [1.807, 2.05) is 0 Å². The van der Waals surface area contributed by atoms with Crippen molar-refractivity contribution in [2.75, 3.05) is 18.1 Å². The van der Waals surface area contributed by atoms with Gasteiger partial charge in [0.05, 0.1) is 5.75 Å². The van der Waals surface area contributed by atoms with Crippen LogP contribution >= 0.6 is 11.8 Å². The zero-order chi connectivity index (χ0) is 13.7. The first-order valence-corrected chi connectivity index (χ1v) is 8.41. The predicted octanol–water partition coefficient (Wildman–Crippen LogP) is 2.14. The summed E-state index contributed by atoms with van der Waals surface area (Å²) in [7, 11) is 0. The molecule has 0 radical (unpaired) electrons. The Morgan fingerprint density at radius 1 is 1.21 bits per heavy atom. The zero-order valence-electron chi connectivity index (χ0n) is 11.3. The highest BCUT2D eigenvalue weighted by Gasteiger charge is 2.47. The Labute approximate surface area is 118 Å². The van der Waals surface area contributed by atoms with Gasteiger partial charge in [0.2, 0.25) is 5.91 Å². The van der Waals surface area contributed by atoms with Gasteiger partial charge < -0.3 is 10.4 Å². The molecule has 2 unspecified atom stereocenters. The highest BCUT2D eigenvalue weighted by atomic mass is 32.2. The molecular formula is C14H23NO3S. The molecule has 0 saturated heterocycles. The van der Waals surface area contributed by atoms with Crippen LogP contribution in [0.3, 0.4) is 0 Å². The minimum atomic E-state index is -0.795. The van der Waals surface area contributed by atoms with Gasteiger partial charge in [-0.2, -0.15) is 0 Å². The van der Waals surface area contributed by atoms with Gasteiger partial charge in [-0.3, -0.25) is 9.59 Å². The van der Waals surface area contributed by atoms with Gasteiger partial charge in [-0.05, 0) is 18.3 Å². The van der Waals surface area contributed by atoms with Gasteiger partial charge in [-0.1, -0.05) is 32.1 Å². The third-order valence-corrected chi connectivity index (χ3v) is 5.15. The summed E-state index contributed by atoms with van der Waals surface area (Å²) < 4.78 is 0. The van der Waals surface area contributed by atoms with Crippen LogP contribution in [0.15, 0.2) is 0 Å². The molecule has 2 aliphatic carbocycles. The molecular weight excluding hydrogens is 262 g/mol. The highest BCUT2D eigenvalue weighted by molar-refractivity contribution is 7.99. The van der Waals surface area contributed by atoms with Crippen molar-refractivity contribution in [3.63, 3.8) is 0 Å². The molecule has 0 aliphatic heterocycles. The molecule has 2 saturated carbocycles. The quantitative estimate of drug-likeness (QED) is 0.703.